The molecule has 0 aliphatic heterocycles. The van der Waals surface area contributed by atoms with Gasteiger partial charge < -0.3 is 15.3 Å². The highest BCUT2D eigenvalue weighted by atomic mass is 16.3. The molecule has 134 valence electrons. The Labute approximate surface area is 150 Å². The summed E-state index contributed by atoms with van der Waals surface area (Å²) in [6.45, 7) is 7.89. The fraction of sp³-hybridized carbons (Fsp3) is 0.316. The Bertz CT molecular complexity index is 1130. The Balaban J connectivity index is 1.87. The molecule has 2 heterocycles. The monoisotopic (exact) mass is 351 g/mol. The molecule has 0 aliphatic rings. The van der Waals surface area contributed by atoms with E-state index in [1.165, 1.54) is 6.07 Å². The number of aromatic hydroxyl groups is 1. The molecule has 0 unspecified atom stereocenters. The first-order valence-corrected chi connectivity index (χ1v) is 8.86. The van der Waals surface area contributed by atoms with Gasteiger partial charge in [0.15, 0.2) is 5.43 Å². The van der Waals surface area contributed by atoms with Gasteiger partial charge >= 0.3 is 0 Å². The van der Waals surface area contributed by atoms with Crippen molar-refractivity contribution in [3.8, 4) is 5.75 Å². The zero-order valence-electron chi connectivity index (χ0n) is 14.9. The second-order valence-corrected chi connectivity index (χ2v) is 6.34. The minimum Gasteiger partial charge on any atom is -0.508 e. The number of nitrogens with zero attached hydrogens (tertiary/aromatic N) is 4. The number of likely N-dealkylation sites (N-methyl/N-ethyl adjacent to an activating group) is 1. The lowest BCUT2D eigenvalue weighted by atomic mass is 10.1. The third kappa shape index (κ3) is 2.52. The Morgan fingerprint density at radius 2 is 2.00 bits per heavy atom. The largest absolute Gasteiger partial charge is 0.508 e. The van der Waals surface area contributed by atoms with E-state index in [1.807, 2.05) is 12.1 Å². The molecule has 0 fully saturated rings. The molecule has 0 radical (unpaired) electrons. The van der Waals surface area contributed by atoms with Gasteiger partial charge in [-0.05, 0) is 43.4 Å². The summed E-state index contributed by atoms with van der Waals surface area (Å²) in [5.74, 6) is 0.0592. The molecule has 26 heavy (non-hydrogen) atoms. The molecule has 0 atom stereocenters. The maximum Gasteiger partial charge on any atom is 0.199 e. The van der Waals surface area contributed by atoms with Crippen molar-refractivity contribution in [1.29, 1.82) is 0 Å². The number of pyridine rings is 1. The fourth-order valence-electron chi connectivity index (χ4n) is 3.47. The van der Waals surface area contributed by atoms with Crippen LogP contribution < -0.4 is 10.7 Å². The first kappa shape index (κ1) is 16.5. The van der Waals surface area contributed by atoms with Gasteiger partial charge in [-0.2, -0.15) is 0 Å². The second-order valence-electron chi connectivity index (χ2n) is 6.34. The summed E-state index contributed by atoms with van der Waals surface area (Å²) >= 11 is 0. The Kier molecular flexibility index (Phi) is 4.08. The highest BCUT2D eigenvalue weighted by Gasteiger charge is 2.17. The molecule has 0 saturated heterocycles. The Morgan fingerprint density at radius 1 is 1.19 bits per heavy atom. The van der Waals surface area contributed by atoms with E-state index in [0.717, 1.165) is 31.9 Å². The lowest BCUT2D eigenvalue weighted by Crippen LogP contribution is -2.28. The normalized spacial score (nSPS) is 12.0. The van der Waals surface area contributed by atoms with Crippen molar-refractivity contribution in [3.63, 3.8) is 0 Å². The van der Waals surface area contributed by atoms with Crippen LogP contribution in [-0.2, 0) is 0 Å². The molecule has 4 aromatic rings. The van der Waals surface area contributed by atoms with E-state index in [-0.39, 0.29) is 11.2 Å². The zero-order valence-corrected chi connectivity index (χ0v) is 14.9. The van der Waals surface area contributed by atoms with Crippen molar-refractivity contribution in [2.45, 2.75) is 13.8 Å². The first-order chi connectivity index (χ1) is 12.6. The molecule has 2 N–H and O–H groups in total. The van der Waals surface area contributed by atoms with Crippen molar-refractivity contribution < 1.29 is 5.11 Å². The van der Waals surface area contributed by atoms with Crippen molar-refractivity contribution in [3.05, 3.63) is 40.6 Å². The van der Waals surface area contributed by atoms with Crippen LogP contribution >= 0.6 is 0 Å². The van der Waals surface area contributed by atoms with Gasteiger partial charge in [-0.3, -0.25) is 4.79 Å². The summed E-state index contributed by atoms with van der Waals surface area (Å²) in [6, 6.07) is 8.49. The highest BCUT2D eigenvalue weighted by Crippen LogP contribution is 2.28. The number of phenolic OH excluding ortho intramolecular Hbond substituents is 1. The summed E-state index contributed by atoms with van der Waals surface area (Å²) in [7, 11) is 0. The molecular formula is C19H21N5O2. The minimum atomic E-state index is -0.123. The van der Waals surface area contributed by atoms with E-state index in [0.29, 0.717) is 27.3 Å². The lowest BCUT2D eigenvalue weighted by Gasteiger charge is -2.19. The van der Waals surface area contributed by atoms with Crippen LogP contribution in [0.4, 0.5) is 5.69 Å². The third-order valence-electron chi connectivity index (χ3n) is 4.93. The van der Waals surface area contributed by atoms with Gasteiger partial charge in [0.25, 0.3) is 0 Å². The average molecular weight is 351 g/mol. The number of nitrogens with one attached hydrogen (secondary N) is 1. The molecular weight excluding hydrogens is 330 g/mol. The molecule has 7 nitrogen and oxygen atoms in total. The van der Waals surface area contributed by atoms with Gasteiger partial charge in [-0.15, -0.1) is 5.10 Å². The number of aromatic nitrogens is 3. The van der Waals surface area contributed by atoms with Crippen LogP contribution in [0.2, 0.25) is 0 Å². The predicted molar refractivity (Wildman–Crippen MR) is 103 cm³/mol. The quantitative estimate of drug-likeness (QED) is 0.519. The van der Waals surface area contributed by atoms with Crippen LogP contribution in [0.15, 0.2) is 35.1 Å². The standard InChI is InChI=1S/C19H21N5O2/c1-3-23(4-2)10-9-20-14-6-7-15-18-17(14)19(26)13-11-12(25)5-8-16(13)24(18)22-21-15/h5-8,11,20,25H,3-4,9-10H2,1-2H3. The van der Waals surface area contributed by atoms with Crippen LogP contribution in [0.25, 0.3) is 27.3 Å². The average Bonchev–Trinajstić information content (AvgIpc) is 3.08. The van der Waals surface area contributed by atoms with Gasteiger partial charge in [0, 0.05) is 18.8 Å². The van der Waals surface area contributed by atoms with E-state index in [1.54, 1.807) is 16.6 Å². The number of hydrogen-bond acceptors (Lipinski definition) is 6. The Morgan fingerprint density at radius 3 is 2.77 bits per heavy atom. The summed E-state index contributed by atoms with van der Waals surface area (Å²) in [5, 5.41) is 22.6. The van der Waals surface area contributed by atoms with Crippen molar-refractivity contribution in [2.75, 3.05) is 31.5 Å². The maximum atomic E-state index is 13.1. The SMILES string of the molecule is CCN(CC)CCNc1ccc2nnn3c4ccc(O)cc4c(=O)c1c23. The van der Waals surface area contributed by atoms with Gasteiger partial charge in [0.2, 0.25) is 0 Å². The van der Waals surface area contributed by atoms with Crippen LogP contribution in [0.3, 0.4) is 0 Å². The molecule has 2 aromatic carbocycles. The molecule has 0 amide bonds. The van der Waals surface area contributed by atoms with E-state index in [2.05, 4.69) is 34.4 Å². The van der Waals surface area contributed by atoms with Crippen LogP contribution in [0.1, 0.15) is 13.8 Å². The van der Waals surface area contributed by atoms with Crippen LogP contribution in [-0.4, -0.2) is 51.0 Å². The minimum absolute atomic E-state index is 0.0592. The maximum absolute atomic E-state index is 13.1. The van der Waals surface area contributed by atoms with Crippen LogP contribution in [0, 0.1) is 0 Å². The molecule has 4 rings (SSSR count). The van der Waals surface area contributed by atoms with Crippen LogP contribution in [0.5, 0.6) is 5.75 Å². The number of fused-ring (bicyclic) bond motifs is 2. The van der Waals surface area contributed by atoms with Gasteiger partial charge in [-0.25, -0.2) is 4.52 Å². The number of hydrogen-bond donors (Lipinski definition) is 2. The molecule has 2 aromatic heterocycles. The van der Waals surface area contributed by atoms with Crippen molar-refractivity contribution >= 4 is 33.0 Å². The zero-order chi connectivity index (χ0) is 18.3. The van der Waals surface area contributed by atoms with E-state index in [9.17, 15) is 9.90 Å². The van der Waals surface area contributed by atoms with Gasteiger partial charge in [-0.1, -0.05) is 19.1 Å². The summed E-state index contributed by atoms with van der Waals surface area (Å²) < 4.78 is 1.68. The number of phenols is 1. The fourth-order valence-corrected chi connectivity index (χ4v) is 3.47. The molecule has 0 spiro atoms. The first-order valence-electron chi connectivity index (χ1n) is 8.86. The van der Waals surface area contributed by atoms with Gasteiger partial charge in [0.05, 0.1) is 16.3 Å². The third-order valence-corrected chi connectivity index (χ3v) is 4.93. The van der Waals surface area contributed by atoms with E-state index < -0.39 is 0 Å². The summed E-state index contributed by atoms with van der Waals surface area (Å²) in [6.07, 6.45) is 0. The number of rotatable bonds is 6. The smallest absolute Gasteiger partial charge is 0.199 e. The van der Waals surface area contributed by atoms with Crippen molar-refractivity contribution in [1.82, 2.24) is 19.7 Å². The molecule has 0 bridgehead atoms. The highest BCUT2D eigenvalue weighted by molar-refractivity contribution is 6.06. The topological polar surface area (TPSA) is 82.8 Å². The molecule has 0 aliphatic carbocycles. The predicted octanol–water partition coefficient (Wildman–Crippen LogP) is 2.29. The summed E-state index contributed by atoms with van der Waals surface area (Å²) in [4.78, 5) is 15.5. The molecule has 0 saturated carbocycles. The Hall–Kier alpha value is -2.93. The molecule has 7 heteroatoms. The van der Waals surface area contributed by atoms with E-state index >= 15 is 0 Å². The van der Waals surface area contributed by atoms with E-state index in [4.69, 9.17) is 0 Å². The summed E-state index contributed by atoms with van der Waals surface area (Å²) in [5.41, 5.74) is 2.68. The van der Waals surface area contributed by atoms with Gasteiger partial charge in [0.1, 0.15) is 16.8 Å². The lowest BCUT2D eigenvalue weighted by molar-refractivity contribution is 0.316. The second kappa shape index (κ2) is 6.42. The van der Waals surface area contributed by atoms with Crippen molar-refractivity contribution in [2.24, 2.45) is 0 Å². The number of benzene rings is 2. The number of anilines is 1.